The van der Waals surface area contributed by atoms with Gasteiger partial charge in [0.15, 0.2) is 6.23 Å². The van der Waals surface area contributed by atoms with Crippen LogP contribution < -0.4 is 14.8 Å². The molecule has 3 aromatic carbocycles. The molecule has 1 heterocycles. The molecule has 0 spiro atoms. The summed E-state index contributed by atoms with van der Waals surface area (Å²) in [6.45, 7) is 5.72. The lowest BCUT2D eigenvalue weighted by atomic mass is 9.75. The molecule has 4 rings (SSSR count). The van der Waals surface area contributed by atoms with E-state index >= 15 is 0 Å². The third-order valence-electron chi connectivity index (χ3n) is 6.03. The van der Waals surface area contributed by atoms with Crippen LogP contribution in [0.2, 0.25) is 0 Å². The highest BCUT2D eigenvalue weighted by Crippen LogP contribution is 2.51. The van der Waals surface area contributed by atoms with Gasteiger partial charge in [0.25, 0.3) is 0 Å². The molecule has 3 N–H and O–H groups in total. The van der Waals surface area contributed by atoms with Crippen LogP contribution in [0.15, 0.2) is 66.7 Å². The van der Waals surface area contributed by atoms with Crippen molar-refractivity contribution in [3.8, 4) is 23.0 Å². The summed E-state index contributed by atoms with van der Waals surface area (Å²) in [7, 11) is 0. The number of nitrogens with one attached hydrogen (secondary N) is 1. The first-order valence-electron chi connectivity index (χ1n) is 10.7. The van der Waals surface area contributed by atoms with Crippen LogP contribution in [-0.2, 0) is 10.2 Å². The predicted octanol–water partition coefficient (Wildman–Crippen LogP) is 4.79. The number of benzene rings is 3. The van der Waals surface area contributed by atoms with Gasteiger partial charge < -0.3 is 19.7 Å². The molecule has 0 fully saturated rings. The zero-order chi connectivity index (χ0) is 22.9. The highest BCUT2D eigenvalue weighted by Gasteiger charge is 2.49. The highest BCUT2D eigenvalue weighted by atomic mass is 16.5. The molecule has 0 aliphatic carbocycles. The third kappa shape index (κ3) is 3.89. The van der Waals surface area contributed by atoms with Crippen LogP contribution in [0.5, 0.6) is 23.0 Å². The number of aromatic hydroxyl groups is 2. The molecule has 166 valence electrons. The van der Waals surface area contributed by atoms with E-state index in [1.807, 2.05) is 44.2 Å². The van der Waals surface area contributed by atoms with Gasteiger partial charge >= 0.3 is 5.97 Å². The molecule has 0 saturated heterocycles. The Hall–Kier alpha value is -3.51. The molecule has 0 aromatic heterocycles. The van der Waals surface area contributed by atoms with Crippen LogP contribution in [0, 0.1) is 0 Å². The largest absolute Gasteiger partial charge is 0.508 e. The smallest absolute Gasteiger partial charge is 0.310 e. The lowest BCUT2D eigenvalue weighted by Gasteiger charge is -2.34. The van der Waals surface area contributed by atoms with Crippen LogP contribution in [0.1, 0.15) is 49.9 Å². The van der Waals surface area contributed by atoms with Gasteiger partial charge in [-0.05, 0) is 55.8 Å². The van der Waals surface area contributed by atoms with Gasteiger partial charge in [0.2, 0.25) is 0 Å². The van der Waals surface area contributed by atoms with Crippen LogP contribution in [0.3, 0.4) is 0 Å². The van der Waals surface area contributed by atoms with Gasteiger partial charge in [0, 0.05) is 23.6 Å². The average Bonchev–Trinajstić information content (AvgIpc) is 3.07. The standard InChI is InChI=1S/C26H27NO5/c1-4-24(30)31-22-12-10-18(28)14-20(22)26(3)21-15-19(29)11-13-23(21)32-25(26)27-16(2)17-8-6-5-7-9-17/h5-16,25,27-29H,4H2,1-3H3/t16-,25+,26-/m0/s1. The van der Waals surface area contributed by atoms with E-state index in [-0.39, 0.29) is 29.9 Å². The predicted molar refractivity (Wildman–Crippen MR) is 121 cm³/mol. The monoisotopic (exact) mass is 433 g/mol. The number of rotatable bonds is 6. The number of ether oxygens (including phenoxy) is 2. The molecule has 0 radical (unpaired) electrons. The number of esters is 1. The van der Waals surface area contributed by atoms with Gasteiger partial charge in [-0.15, -0.1) is 0 Å². The van der Waals surface area contributed by atoms with Crippen molar-refractivity contribution in [2.45, 2.75) is 44.9 Å². The average molecular weight is 434 g/mol. The van der Waals surface area contributed by atoms with Crippen molar-refractivity contribution in [2.24, 2.45) is 0 Å². The second-order valence-corrected chi connectivity index (χ2v) is 8.19. The van der Waals surface area contributed by atoms with Crippen molar-refractivity contribution in [3.63, 3.8) is 0 Å². The van der Waals surface area contributed by atoms with Gasteiger partial charge in [0.1, 0.15) is 23.0 Å². The van der Waals surface area contributed by atoms with Gasteiger partial charge in [-0.2, -0.15) is 0 Å². The number of hydrogen-bond acceptors (Lipinski definition) is 6. The molecule has 0 amide bonds. The fourth-order valence-electron chi connectivity index (χ4n) is 4.17. The summed E-state index contributed by atoms with van der Waals surface area (Å²) in [5.74, 6) is 0.719. The number of hydrogen-bond donors (Lipinski definition) is 3. The number of fused-ring (bicyclic) bond motifs is 1. The molecule has 3 atom stereocenters. The van der Waals surface area contributed by atoms with Gasteiger partial charge in [0.05, 0.1) is 5.41 Å². The molecule has 0 unspecified atom stereocenters. The summed E-state index contributed by atoms with van der Waals surface area (Å²) in [6.07, 6.45) is -0.340. The molecule has 6 nitrogen and oxygen atoms in total. The fraction of sp³-hybridized carbons (Fsp3) is 0.269. The third-order valence-corrected chi connectivity index (χ3v) is 6.03. The van der Waals surface area contributed by atoms with E-state index in [0.29, 0.717) is 17.1 Å². The Kier molecular flexibility index (Phi) is 5.80. The van der Waals surface area contributed by atoms with E-state index in [1.165, 1.54) is 6.07 Å². The van der Waals surface area contributed by atoms with Gasteiger partial charge in [-0.3, -0.25) is 10.1 Å². The maximum absolute atomic E-state index is 12.1. The Morgan fingerprint density at radius 1 is 1.06 bits per heavy atom. The number of carbonyl (C=O) groups excluding carboxylic acids is 1. The second kappa shape index (κ2) is 8.55. The second-order valence-electron chi connectivity index (χ2n) is 8.19. The zero-order valence-corrected chi connectivity index (χ0v) is 18.3. The molecule has 3 aromatic rings. The number of phenolic OH excluding ortho intramolecular Hbond substituents is 2. The van der Waals surface area contributed by atoms with E-state index in [1.54, 1.807) is 37.3 Å². The van der Waals surface area contributed by atoms with Crippen LogP contribution >= 0.6 is 0 Å². The minimum absolute atomic E-state index is 0.0426. The van der Waals surface area contributed by atoms with E-state index in [2.05, 4.69) is 5.32 Å². The molecule has 1 aliphatic heterocycles. The Balaban J connectivity index is 1.83. The molecular weight excluding hydrogens is 406 g/mol. The lowest BCUT2D eigenvalue weighted by Crippen LogP contribution is -2.48. The normalized spacial score (nSPS) is 20.3. The topological polar surface area (TPSA) is 88.0 Å². The summed E-state index contributed by atoms with van der Waals surface area (Å²) in [6, 6.07) is 19.5. The van der Waals surface area contributed by atoms with Gasteiger partial charge in [-0.25, -0.2) is 0 Å². The van der Waals surface area contributed by atoms with E-state index in [4.69, 9.17) is 9.47 Å². The molecule has 1 aliphatic rings. The molecular formula is C26H27NO5. The van der Waals surface area contributed by atoms with Crippen LogP contribution in [0.25, 0.3) is 0 Å². The van der Waals surface area contributed by atoms with Crippen molar-refractivity contribution in [1.29, 1.82) is 0 Å². The summed E-state index contributed by atoms with van der Waals surface area (Å²) in [4.78, 5) is 12.1. The van der Waals surface area contributed by atoms with Crippen molar-refractivity contribution >= 4 is 5.97 Å². The van der Waals surface area contributed by atoms with E-state index < -0.39 is 11.6 Å². The Morgan fingerprint density at radius 2 is 1.72 bits per heavy atom. The maximum atomic E-state index is 12.1. The quantitative estimate of drug-likeness (QED) is 0.383. The molecule has 32 heavy (non-hydrogen) atoms. The number of carbonyl (C=O) groups is 1. The molecule has 0 bridgehead atoms. The Morgan fingerprint density at radius 3 is 2.41 bits per heavy atom. The lowest BCUT2D eigenvalue weighted by molar-refractivity contribution is -0.134. The Labute approximate surface area is 187 Å². The zero-order valence-electron chi connectivity index (χ0n) is 18.3. The first-order chi connectivity index (χ1) is 15.3. The van der Waals surface area contributed by atoms with Crippen molar-refractivity contribution < 1.29 is 24.5 Å². The fourth-order valence-corrected chi connectivity index (χ4v) is 4.17. The minimum Gasteiger partial charge on any atom is -0.508 e. The summed E-state index contributed by atoms with van der Waals surface area (Å²) >= 11 is 0. The summed E-state index contributed by atoms with van der Waals surface area (Å²) in [5, 5.41) is 24.1. The maximum Gasteiger partial charge on any atom is 0.310 e. The SMILES string of the molecule is CCC(=O)Oc1ccc(O)cc1[C@@]1(C)c2cc(O)ccc2O[C@H]1N[C@@H](C)c1ccccc1. The van der Waals surface area contributed by atoms with Crippen LogP contribution in [0.4, 0.5) is 0 Å². The first-order valence-corrected chi connectivity index (χ1v) is 10.7. The first kappa shape index (κ1) is 21.7. The molecule has 0 saturated carbocycles. The minimum atomic E-state index is -0.876. The Bertz CT molecular complexity index is 1130. The summed E-state index contributed by atoms with van der Waals surface area (Å²) in [5.41, 5.74) is 1.53. The van der Waals surface area contributed by atoms with E-state index in [0.717, 1.165) is 11.1 Å². The number of phenols is 2. The summed E-state index contributed by atoms with van der Waals surface area (Å²) < 4.78 is 11.9. The van der Waals surface area contributed by atoms with E-state index in [9.17, 15) is 15.0 Å². The van der Waals surface area contributed by atoms with Gasteiger partial charge in [-0.1, -0.05) is 37.3 Å². The van der Waals surface area contributed by atoms with Crippen molar-refractivity contribution in [2.75, 3.05) is 0 Å². The van der Waals surface area contributed by atoms with Crippen molar-refractivity contribution in [1.82, 2.24) is 5.32 Å². The highest BCUT2D eigenvalue weighted by molar-refractivity contribution is 5.73. The van der Waals surface area contributed by atoms with Crippen molar-refractivity contribution in [3.05, 3.63) is 83.4 Å². The van der Waals surface area contributed by atoms with Crippen LogP contribution in [-0.4, -0.2) is 22.4 Å². The molecule has 6 heteroatoms.